The maximum atomic E-state index is 11.9. The Morgan fingerprint density at radius 3 is 3.11 bits per heavy atom. The van der Waals surface area contributed by atoms with Crippen molar-refractivity contribution >= 4 is 29.7 Å². The van der Waals surface area contributed by atoms with E-state index in [1.54, 1.807) is 11.3 Å². The molecule has 1 unspecified atom stereocenters. The molecule has 102 valence electrons. The maximum Gasteiger partial charge on any atom is 0.261 e. The number of fused-ring (bicyclic) bond motifs is 1. The Morgan fingerprint density at radius 2 is 2.39 bits per heavy atom. The van der Waals surface area contributed by atoms with E-state index in [1.165, 1.54) is 16.9 Å². The fourth-order valence-electron chi connectivity index (χ4n) is 2.21. The summed E-state index contributed by atoms with van der Waals surface area (Å²) in [5.41, 5.74) is 6.79. The highest BCUT2D eigenvalue weighted by molar-refractivity contribution is 7.14. The number of rotatable bonds is 4. The third-order valence-corrected chi connectivity index (χ3v) is 4.46. The lowest BCUT2D eigenvalue weighted by molar-refractivity contribution is 0.0957. The first-order chi connectivity index (χ1) is 8.20. The van der Waals surface area contributed by atoms with E-state index in [9.17, 15) is 4.79 Å². The van der Waals surface area contributed by atoms with Gasteiger partial charge in [0.2, 0.25) is 0 Å². The zero-order valence-electron chi connectivity index (χ0n) is 10.7. The molecule has 0 bridgehead atoms. The van der Waals surface area contributed by atoms with Crippen LogP contribution in [0.1, 0.15) is 39.9 Å². The molecule has 0 radical (unpaired) electrons. The molecule has 2 rings (SSSR count). The van der Waals surface area contributed by atoms with Crippen molar-refractivity contribution in [3.05, 3.63) is 21.4 Å². The molecule has 1 aliphatic rings. The largest absolute Gasteiger partial charge is 0.351 e. The lowest BCUT2D eigenvalue weighted by atomic mass is 9.90. The van der Waals surface area contributed by atoms with E-state index in [0.717, 1.165) is 30.1 Å². The molecule has 0 spiro atoms. The first-order valence-electron chi connectivity index (χ1n) is 6.30. The minimum atomic E-state index is 0. The lowest BCUT2D eigenvalue weighted by Gasteiger charge is -2.16. The minimum Gasteiger partial charge on any atom is -0.351 e. The second kappa shape index (κ2) is 7.12. The van der Waals surface area contributed by atoms with E-state index in [2.05, 4.69) is 18.3 Å². The summed E-state index contributed by atoms with van der Waals surface area (Å²) in [5, 5.41) is 2.91. The van der Waals surface area contributed by atoms with E-state index in [4.69, 9.17) is 5.73 Å². The van der Waals surface area contributed by atoms with Crippen LogP contribution in [-0.4, -0.2) is 19.0 Å². The molecule has 5 heteroatoms. The van der Waals surface area contributed by atoms with Gasteiger partial charge in [-0.25, -0.2) is 0 Å². The number of aryl methyl sites for hydroxylation is 1. The van der Waals surface area contributed by atoms with Crippen molar-refractivity contribution in [2.45, 2.75) is 32.6 Å². The molecular formula is C13H21ClN2OS. The molecule has 0 fully saturated rings. The summed E-state index contributed by atoms with van der Waals surface area (Å²) in [6.45, 7) is 3.58. The van der Waals surface area contributed by atoms with Gasteiger partial charge in [0.15, 0.2) is 0 Å². The fraction of sp³-hybridized carbons (Fsp3) is 0.615. The summed E-state index contributed by atoms with van der Waals surface area (Å²) in [6, 6.07) is 2.08. The SMILES string of the molecule is CC1CCc2sc(C(=O)NCCCN)cc2C1.Cl. The molecule has 1 heterocycles. The van der Waals surface area contributed by atoms with Crippen LogP contribution < -0.4 is 11.1 Å². The highest BCUT2D eigenvalue weighted by Gasteiger charge is 2.20. The molecular weight excluding hydrogens is 268 g/mol. The summed E-state index contributed by atoms with van der Waals surface area (Å²) in [5.74, 6) is 0.816. The van der Waals surface area contributed by atoms with Crippen molar-refractivity contribution in [1.82, 2.24) is 5.32 Å². The molecule has 1 aliphatic carbocycles. The highest BCUT2D eigenvalue weighted by Crippen LogP contribution is 2.32. The van der Waals surface area contributed by atoms with Gasteiger partial charge in [0, 0.05) is 11.4 Å². The first kappa shape index (κ1) is 15.5. The van der Waals surface area contributed by atoms with Crippen molar-refractivity contribution in [2.75, 3.05) is 13.1 Å². The number of carbonyl (C=O) groups excluding carboxylic acids is 1. The molecule has 1 aromatic heterocycles. The van der Waals surface area contributed by atoms with Gasteiger partial charge in [0.05, 0.1) is 4.88 Å². The van der Waals surface area contributed by atoms with Crippen LogP contribution in [0.2, 0.25) is 0 Å². The van der Waals surface area contributed by atoms with E-state index < -0.39 is 0 Å². The number of hydrogen-bond acceptors (Lipinski definition) is 3. The average molecular weight is 289 g/mol. The summed E-state index contributed by atoms with van der Waals surface area (Å²) >= 11 is 1.66. The molecule has 3 N–H and O–H groups in total. The Hall–Kier alpha value is -0.580. The van der Waals surface area contributed by atoms with Gasteiger partial charge in [-0.15, -0.1) is 23.7 Å². The normalized spacial score (nSPS) is 17.8. The molecule has 18 heavy (non-hydrogen) atoms. The van der Waals surface area contributed by atoms with Crippen molar-refractivity contribution in [3.63, 3.8) is 0 Å². The Labute approximate surface area is 119 Å². The predicted molar refractivity (Wildman–Crippen MR) is 78.8 cm³/mol. The topological polar surface area (TPSA) is 55.1 Å². The quantitative estimate of drug-likeness (QED) is 0.836. The number of amides is 1. The number of halogens is 1. The summed E-state index contributed by atoms with van der Waals surface area (Å²) in [4.78, 5) is 14.1. The summed E-state index contributed by atoms with van der Waals surface area (Å²) in [7, 11) is 0. The maximum absolute atomic E-state index is 11.9. The van der Waals surface area contributed by atoms with Crippen LogP contribution in [0.3, 0.4) is 0 Å². The minimum absolute atomic E-state index is 0. The third kappa shape index (κ3) is 3.70. The van der Waals surface area contributed by atoms with Crippen LogP contribution in [0.25, 0.3) is 0 Å². The zero-order chi connectivity index (χ0) is 12.3. The molecule has 3 nitrogen and oxygen atoms in total. The first-order valence-corrected chi connectivity index (χ1v) is 7.12. The van der Waals surface area contributed by atoms with Gasteiger partial charge in [-0.2, -0.15) is 0 Å². The summed E-state index contributed by atoms with van der Waals surface area (Å²) in [6.07, 6.45) is 4.36. The smallest absolute Gasteiger partial charge is 0.261 e. The van der Waals surface area contributed by atoms with E-state index in [1.807, 2.05) is 0 Å². The Balaban J connectivity index is 0.00000162. The molecule has 0 aliphatic heterocycles. The third-order valence-electron chi connectivity index (χ3n) is 3.22. The van der Waals surface area contributed by atoms with Gasteiger partial charge in [0.1, 0.15) is 0 Å². The fourth-order valence-corrected chi connectivity index (χ4v) is 3.33. The van der Waals surface area contributed by atoms with Crippen LogP contribution >= 0.6 is 23.7 Å². The van der Waals surface area contributed by atoms with Gasteiger partial charge < -0.3 is 11.1 Å². The standard InChI is InChI=1S/C13H20N2OS.ClH/c1-9-3-4-11-10(7-9)8-12(17-11)13(16)15-6-2-5-14;/h8-9H,2-7,14H2,1H3,(H,15,16);1H. The second-order valence-corrected chi connectivity index (χ2v) is 5.94. The van der Waals surface area contributed by atoms with Crippen molar-refractivity contribution in [1.29, 1.82) is 0 Å². The zero-order valence-corrected chi connectivity index (χ0v) is 12.3. The second-order valence-electron chi connectivity index (χ2n) is 4.81. The monoisotopic (exact) mass is 288 g/mol. The molecule has 1 amide bonds. The van der Waals surface area contributed by atoms with Crippen LogP contribution in [-0.2, 0) is 12.8 Å². The number of nitrogens with one attached hydrogen (secondary N) is 1. The molecule has 0 saturated carbocycles. The average Bonchev–Trinajstić information content (AvgIpc) is 2.72. The van der Waals surface area contributed by atoms with Gasteiger partial charge in [-0.1, -0.05) is 6.92 Å². The van der Waals surface area contributed by atoms with Gasteiger partial charge in [-0.3, -0.25) is 4.79 Å². The summed E-state index contributed by atoms with van der Waals surface area (Å²) < 4.78 is 0. The van der Waals surface area contributed by atoms with Crippen LogP contribution in [0, 0.1) is 5.92 Å². The highest BCUT2D eigenvalue weighted by atomic mass is 35.5. The molecule has 1 aromatic rings. The number of hydrogen-bond donors (Lipinski definition) is 2. The van der Waals surface area contributed by atoms with E-state index >= 15 is 0 Å². The Morgan fingerprint density at radius 1 is 1.61 bits per heavy atom. The molecule has 1 atom stereocenters. The van der Waals surface area contributed by atoms with Crippen molar-refractivity contribution in [2.24, 2.45) is 11.7 Å². The van der Waals surface area contributed by atoms with Gasteiger partial charge >= 0.3 is 0 Å². The number of nitrogens with two attached hydrogens (primary N) is 1. The van der Waals surface area contributed by atoms with Crippen molar-refractivity contribution < 1.29 is 4.79 Å². The van der Waals surface area contributed by atoms with Crippen molar-refractivity contribution in [3.8, 4) is 0 Å². The van der Waals surface area contributed by atoms with Crippen LogP contribution in [0.15, 0.2) is 6.07 Å². The Kier molecular flexibility index (Phi) is 6.12. The van der Waals surface area contributed by atoms with Gasteiger partial charge in [0.25, 0.3) is 5.91 Å². The molecule has 0 saturated heterocycles. The number of carbonyl (C=O) groups is 1. The van der Waals surface area contributed by atoms with Gasteiger partial charge in [-0.05, 0) is 49.8 Å². The van der Waals surface area contributed by atoms with Crippen LogP contribution in [0.4, 0.5) is 0 Å². The number of thiophene rings is 1. The molecule has 0 aromatic carbocycles. The van der Waals surface area contributed by atoms with Crippen LogP contribution in [0.5, 0.6) is 0 Å². The lowest BCUT2D eigenvalue weighted by Crippen LogP contribution is -2.25. The van der Waals surface area contributed by atoms with E-state index in [0.29, 0.717) is 13.1 Å². The Bertz CT molecular complexity index is 406. The van der Waals surface area contributed by atoms with E-state index in [-0.39, 0.29) is 18.3 Å². The predicted octanol–water partition coefficient (Wildman–Crippen LogP) is 2.37.